The van der Waals surface area contributed by atoms with Crippen molar-refractivity contribution < 1.29 is 5.11 Å². The lowest BCUT2D eigenvalue weighted by atomic mass is 9.97. The van der Waals surface area contributed by atoms with Gasteiger partial charge in [0.25, 0.3) is 0 Å². The highest BCUT2D eigenvalue weighted by Crippen LogP contribution is 2.26. The predicted octanol–water partition coefficient (Wildman–Crippen LogP) is 2.94. The van der Waals surface area contributed by atoms with Crippen molar-refractivity contribution in [3.8, 4) is 5.75 Å². The number of aryl methyl sites for hydroxylation is 1. The van der Waals surface area contributed by atoms with Gasteiger partial charge in [-0.3, -0.25) is 0 Å². The van der Waals surface area contributed by atoms with E-state index < -0.39 is 0 Å². The zero-order chi connectivity index (χ0) is 12.3. The van der Waals surface area contributed by atoms with Crippen molar-refractivity contribution in [2.45, 2.75) is 19.4 Å². The molecule has 0 radical (unpaired) electrons. The Hall–Kier alpha value is -1.80. The van der Waals surface area contributed by atoms with Crippen LogP contribution in [0.2, 0.25) is 0 Å². The molecule has 2 aromatic carbocycles. The number of nitrogens with two attached hydrogens (primary N) is 1. The monoisotopic (exact) mass is 227 g/mol. The van der Waals surface area contributed by atoms with Crippen LogP contribution in [-0.4, -0.2) is 5.11 Å². The van der Waals surface area contributed by atoms with Crippen LogP contribution in [0.15, 0.2) is 48.5 Å². The second-order valence-corrected chi connectivity index (χ2v) is 4.36. The Kier molecular flexibility index (Phi) is 3.45. The minimum Gasteiger partial charge on any atom is -0.508 e. The molecule has 0 heterocycles. The number of rotatable bonds is 3. The van der Waals surface area contributed by atoms with Crippen molar-refractivity contribution in [1.82, 2.24) is 0 Å². The molecule has 1 atom stereocenters. The third-order valence-corrected chi connectivity index (χ3v) is 2.88. The molecule has 0 saturated carbocycles. The van der Waals surface area contributed by atoms with Crippen molar-refractivity contribution in [2.75, 3.05) is 0 Å². The van der Waals surface area contributed by atoms with E-state index in [0.29, 0.717) is 0 Å². The molecule has 17 heavy (non-hydrogen) atoms. The lowest BCUT2D eigenvalue weighted by Crippen LogP contribution is -2.13. The van der Waals surface area contributed by atoms with Gasteiger partial charge in [0, 0.05) is 11.6 Å². The third-order valence-electron chi connectivity index (χ3n) is 2.88. The molecule has 0 aromatic heterocycles. The van der Waals surface area contributed by atoms with Gasteiger partial charge in [-0.2, -0.15) is 0 Å². The highest BCUT2D eigenvalue weighted by atomic mass is 16.3. The zero-order valence-corrected chi connectivity index (χ0v) is 9.93. The Morgan fingerprint density at radius 3 is 2.53 bits per heavy atom. The molecule has 0 amide bonds. The lowest BCUT2D eigenvalue weighted by molar-refractivity contribution is 0.461. The topological polar surface area (TPSA) is 46.2 Å². The summed E-state index contributed by atoms with van der Waals surface area (Å²) in [4.78, 5) is 0. The Morgan fingerprint density at radius 2 is 1.82 bits per heavy atom. The molecule has 0 aliphatic heterocycles. The van der Waals surface area contributed by atoms with Crippen molar-refractivity contribution >= 4 is 0 Å². The van der Waals surface area contributed by atoms with Crippen LogP contribution in [0.5, 0.6) is 5.75 Å². The van der Waals surface area contributed by atoms with Crippen LogP contribution in [-0.2, 0) is 6.42 Å². The average molecular weight is 227 g/mol. The zero-order valence-electron chi connectivity index (χ0n) is 9.93. The molecular formula is C15H17NO. The molecule has 2 nitrogen and oxygen atoms in total. The van der Waals surface area contributed by atoms with Gasteiger partial charge in [-0.1, -0.05) is 48.0 Å². The number of benzene rings is 2. The highest BCUT2D eigenvalue weighted by molar-refractivity contribution is 5.38. The Bertz CT molecular complexity index is 494. The summed E-state index contributed by atoms with van der Waals surface area (Å²) in [7, 11) is 0. The van der Waals surface area contributed by atoms with Crippen LogP contribution in [0.3, 0.4) is 0 Å². The molecule has 0 spiro atoms. The van der Waals surface area contributed by atoms with Gasteiger partial charge in [-0.05, 0) is 25.0 Å². The molecule has 3 N–H and O–H groups in total. The molecule has 0 bridgehead atoms. The first kappa shape index (κ1) is 11.7. The van der Waals surface area contributed by atoms with E-state index in [9.17, 15) is 5.11 Å². The molecular weight excluding hydrogens is 210 g/mol. The minimum absolute atomic E-state index is 0.169. The molecule has 0 fully saturated rings. The quantitative estimate of drug-likeness (QED) is 0.846. The summed E-state index contributed by atoms with van der Waals surface area (Å²) < 4.78 is 0. The Balaban J connectivity index is 2.20. The van der Waals surface area contributed by atoms with Gasteiger partial charge in [-0.15, -0.1) is 0 Å². The van der Waals surface area contributed by atoms with Gasteiger partial charge in [0.05, 0.1) is 0 Å². The number of hydrogen-bond donors (Lipinski definition) is 2. The standard InChI is InChI=1S/C15H17NO/c1-11-7-8-15(17)13(9-11)14(16)10-12-5-3-2-4-6-12/h2-9,14,17H,10,16H2,1H3. The summed E-state index contributed by atoms with van der Waals surface area (Å²) in [6.07, 6.45) is 0.734. The minimum atomic E-state index is -0.169. The molecule has 1 unspecified atom stereocenters. The van der Waals surface area contributed by atoms with Crippen molar-refractivity contribution in [1.29, 1.82) is 0 Å². The first-order chi connectivity index (χ1) is 8.16. The van der Waals surface area contributed by atoms with Gasteiger partial charge in [0.1, 0.15) is 5.75 Å². The van der Waals surface area contributed by atoms with Crippen LogP contribution in [0, 0.1) is 6.92 Å². The fraction of sp³-hybridized carbons (Fsp3) is 0.200. The molecule has 2 rings (SSSR count). The Morgan fingerprint density at radius 1 is 1.12 bits per heavy atom. The smallest absolute Gasteiger partial charge is 0.120 e. The second-order valence-electron chi connectivity index (χ2n) is 4.36. The molecule has 2 aromatic rings. The number of hydrogen-bond acceptors (Lipinski definition) is 2. The Labute approximate surface area is 102 Å². The van der Waals surface area contributed by atoms with E-state index in [0.717, 1.165) is 17.5 Å². The van der Waals surface area contributed by atoms with Gasteiger partial charge in [0.15, 0.2) is 0 Å². The van der Waals surface area contributed by atoms with Gasteiger partial charge in [-0.25, -0.2) is 0 Å². The predicted molar refractivity (Wildman–Crippen MR) is 69.9 cm³/mol. The van der Waals surface area contributed by atoms with E-state index in [-0.39, 0.29) is 11.8 Å². The molecule has 88 valence electrons. The summed E-state index contributed by atoms with van der Waals surface area (Å²) in [5.41, 5.74) is 9.24. The summed E-state index contributed by atoms with van der Waals surface area (Å²) in [5, 5.41) is 9.80. The fourth-order valence-corrected chi connectivity index (χ4v) is 1.95. The van der Waals surface area contributed by atoms with E-state index in [1.54, 1.807) is 6.07 Å². The SMILES string of the molecule is Cc1ccc(O)c(C(N)Cc2ccccc2)c1. The normalized spacial score (nSPS) is 12.4. The van der Waals surface area contributed by atoms with Crippen LogP contribution in [0.4, 0.5) is 0 Å². The van der Waals surface area contributed by atoms with Crippen LogP contribution >= 0.6 is 0 Å². The van der Waals surface area contributed by atoms with Gasteiger partial charge >= 0.3 is 0 Å². The number of phenolic OH excluding ortho intramolecular Hbond substituents is 1. The van der Waals surface area contributed by atoms with E-state index in [2.05, 4.69) is 0 Å². The molecule has 0 saturated heterocycles. The molecule has 0 aliphatic carbocycles. The molecule has 2 heteroatoms. The van der Waals surface area contributed by atoms with E-state index in [4.69, 9.17) is 5.73 Å². The highest BCUT2D eigenvalue weighted by Gasteiger charge is 2.11. The lowest BCUT2D eigenvalue weighted by Gasteiger charge is -2.14. The maximum atomic E-state index is 9.80. The van der Waals surface area contributed by atoms with Crippen molar-refractivity contribution in [3.63, 3.8) is 0 Å². The number of aromatic hydroxyl groups is 1. The van der Waals surface area contributed by atoms with Crippen molar-refractivity contribution in [3.05, 3.63) is 65.2 Å². The van der Waals surface area contributed by atoms with E-state index >= 15 is 0 Å². The van der Waals surface area contributed by atoms with Gasteiger partial charge in [0.2, 0.25) is 0 Å². The summed E-state index contributed by atoms with van der Waals surface area (Å²) in [6, 6.07) is 15.4. The number of phenols is 1. The fourth-order valence-electron chi connectivity index (χ4n) is 1.95. The maximum Gasteiger partial charge on any atom is 0.120 e. The summed E-state index contributed by atoms with van der Waals surface area (Å²) >= 11 is 0. The molecule has 0 aliphatic rings. The van der Waals surface area contributed by atoms with Crippen LogP contribution in [0.25, 0.3) is 0 Å². The van der Waals surface area contributed by atoms with E-state index in [1.807, 2.05) is 49.4 Å². The van der Waals surface area contributed by atoms with Crippen molar-refractivity contribution in [2.24, 2.45) is 5.73 Å². The summed E-state index contributed by atoms with van der Waals surface area (Å²) in [5.74, 6) is 0.277. The van der Waals surface area contributed by atoms with Crippen LogP contribution < -0.4 is 5.73 Å². The van der Waals surface area contributed by atoms with Crippen LogP contribution in [0.1, 0.15) is 22.7 Å². The second kappa shape index (κ2) is 5.02. The first-order valence-corrected chi connectivity index (χ1v) is 5.76. The summed E-state index contributed by atoms with van der Waals surface area (Å²) in [6.45, 7) is 2.00. The first-order valence-electron chi connectivity index (χ1n) is 5.76. The average Bonchev–Trinajstić information content (AvgIpc) is 2.33. The maximum absolute atomic E-state index is 9.80. The van der Waals surface area contributed by atoms with E-state index in [1.165, 1.54) is 5.56 Å². The largest absolute Gasteiger partial charge is 0.508 e. The van der Waals surface area contributed by atoms with Gasteiger partial charge < -0.3 is 10.8 Å². The third kappa shape index (κ3) is 2.86.